The molecule has 0 N–H and O–H groups in total. The summed E-state index contributed by atoms with van der Waals surface area (Å²) in [6.07, 6.45) is 0.288. The Hall–Kier alpha value is -1.38. The standard InChI is InChI=1S/C14H19FO2/c1-10(2)9-17-14(16)7-11(3)12-5-4-6-13(15)8-12/h4-6,8,10-11H,7,9H2,1-3H3. The Morgan fingerprint density at radius 3 is 2.65 bits per heavy atom. The van der Waals surface area contributed by atoms with Crippen molar-refractivity contribution in [3.63, 3.8) is 0 Å². The van der Waals surface area contributed by atoms with Crippen molar-refractivity contribution in [2.75, 3.05) is 6.61 Å². The van der Waals surface area contributed by atoms with Crippen LogP contribution in [0.25, 0.3) is 0 Å². The molecule has 3 heteroatoms. The average Bonchev–Trinajstić information content (AvgIpc) is 2.26. The molecule has 0 aliphatic heterocycles. The lowest BCUT2D eigenvalue weighted by molar-refractivity contribution is -0.145. The molecular weight excluding hydrogens is 219 g/mol. The van der Waals surface area contributed by atoms with E-state index < -0.39 is 0 Å². The molecule has 94 valence electrons. The lowest BCUT2D eigenvalue weighted by atomic mass is 9.98. The van der Waals surface area contributed by atoms with Crippen LogP contribution in [0.5, 0.6) is 0 Å². The molecule has 0 aliphatic carbocycles. The zero-order valence-corrected chi connectivity index (χ0v) is 10.6. The summed E-state index contributed by atoms with van der Waals surface area (Å²) >= 11 is 0. The largest absolute Gasteiger partial charge is 0.465 e. The first-order chi connectivity index (χ1) is 7.99. The van der Waals surface area contributed by atoms with Gasteiger partial charge in [-0.05, 0) is 29.5 Å². The van der Waals surface area contributed by atoms with Crippen molar-refractivity contribution in [2.24, 2.45) is 5.92 Å². The summed E-state index contributed by atoms with van der Waals surface area (Å²) in [5.41, 5.74) is 0.825. The van der Waals surface area contributed by atoms with E-state index in [0.29, 0.717) is 12.5 Å². The van der Waals surface area contributed by atoms with Crippen LogP contribution in [0.1, 0.15) is 38.7 Å². The molecule has 0 spiro atoms. The number of esters is 1. The van der Waals surface area contributed by atoms with E-state index in [9.17, 15) is 9.18 Å². The zero-order chi connectivity index (χ0) is 12.8. The number of carbonyl (C=O) groups excluding carboxylic acids is 1. The van der Waals surface area contributed by atoms with Crippen molar-refractivity contribution < 1.29 is 13.9 Å². The minimum absolute atomic E-state index is 0.0228. The second kappa shape index (κ2) is 6.38. The Labute approximate surface area is 102 Å². The molecule has 0 fully saturated rings. The Morgan fingerprint density at radius 1 is 1.35 bits per heavy atom. The predicted molar refractivity (Wildman–Crippen MR) is 65.2 cm³/mol. The maximum Gasteiger partial charge on any atom is 0.306 e. The van der Waals surface area contributed by atoms with E-state index >= 15 is 0 Å². The third-order valence-corrected chi connectivity index (χ3v) is 2.47. The Bertz CT molecular complexity index is 374. The molecule has 2 nitrogen and oxygen atoms in total. The third kappa shape index (κ3) is 4.98. The van der Waals surface area contributed by atoms with E-state index in [1.807, 2.05) is 26.8 Å². The van der Waals surface area contributed by atoms with Crippen molar-refractivity contribution in [1.82, 2.24) is 0 Å². The van der Waals surface area contributed by atoms with Gasteiger partial charge in [0.1, 0.15) is 5.82 Å². The van der Waals surface area contributed by atoms with Crippen LogP contribution in [0.4, 0.5) is 4.39 Å². The molecule has 0 aromatic heterocycles. The van der Waals surface area contributed by atoms with Crippen LogP contribution in [0.15, 0.2) is 24.3 Å². The van der Waals surface area contributed by atoms with Crippen LogP contribution in [0, 0.1) is 11.7 Å². The van der Waals surface area contributed by atoms with Gasteiger partial charge in [0, 0.05) is 0 Å². The highest BCUT2D eigenvalue weighted by atomic mass is 19.1. The molecule has 0 aliphatic rings. The third-order valence-electron chi connectivity index (χ3n) is 2.47. The minimum Gasteiger partial charge on any atom is -0.465 e. The fourth-order valence-electron chi connectivity index (χ4n) is 1.50. The predicted octanol–water partition coefficient (Wildman–Crippen LogP) is 3.52. The molecule has 1 aromatic carbocycles. The average molecular weight is 238 g/mol. The molecule has 0 bridgehead atoms. The van der Waals surface area contributed by atoms with Gasteiger partial charge in [0.25, 0.3) is 0 Å². The van der Waals surface area contributed by atoms with E-state index in [1.165, 1.54) is 12.1 Å². The molecule has 0 saturated carbocycles. The fraction of sp³-hybridized carbons (Fsp3) is 0.500. The summed E-state index contributed by atoms with van der Waals surface area (Å²) in [6.45, 7) is 6.31. The second-order valence-corrected chi connectivity index (χ2v) is 4.74. The van der Waals surface area contributed by atoms with Gasteiger partial charge in [0.05, 0.1) is 13.0 Å². The van der Waals surface area contributed by atoms with Crippen LogP contribution in [0.3, 0.4) is 0 Å². The highest BCUT2D eigenvalue weighted by Gasteiger charge is 2.13. The topological polar surface area (TPSA) is 26.3 Å². The number of ether oxygens (including phenoxy) is 1. The summed E-state index contributed by atoms with van der Waals surface area (Å²) < 4.78 is 18.1. The molecular formula is C14H19FO2. The highest BCUT2D eigenvalue weighted by molar-refractivity contribution is 5.70. The van der Waals surface area contributed by atoms with Crippen LogP contribution in [-0.2, 0) is 9.53 Å². The molecule has 0 radical (unpaired) electrons. The molecule has 1 atom stereocenters. The molecule has 0 amide bonds. The maximum atomic E-state index is 13.0. The van der Waals surface area contributed by atoms with Gasteiger partial charge in [-0.1, -0.05) is 32.9 Å². The number of hydrogen-bond acceptors (Lipinski definition) is 2. The van der Waals surface area contributed by atoms with Crippen LogP contribution >= 0.6 is 0 Å². The van der Waals surface area contributed by atoms with Gasteiger partial charge >= 0.3 is 5.97 Å². The summed E-state index contributed by atoms with van der Waals surface area (Å²) in [5.74, 6) is -0.186. The SMILES string of the molecule is CC(C)COC(=O)CC(C)c1cccc(F)c1. The van der Waals surface area contributed by atoms with E-state index in [1.54, 1.807) is 6.07 Å². The van der Waals surface area contributed by atoms with Crippen LogP contribution in [0.2, 0.25) is 0 Å². The van der Waals surface area contributed by atoms with E-state index in [4.69, 9.17) is 4.74 Å². The minimum atomic E-state index is -0.273. The Morgan fingerprint density at radius 2 is 2.06 bits per heavy atom. The quantitative estimate of drug-likeness (QED) is 0.734. The van der Waals surface area contributed by atoms with E-state index in [0.717, 1.165) is 5.56 Å². The summed E-state index contributed by atoms with van der Waals surface area (Å²) in [6, 6.07) is 6.33. The van der Waals surface area contributed by atoms with Crippen molar-refractivity contribution in [1.29, 1.82) is 0 Å². The monoisotopic (exact) mass is 238 g/mol. The van der Waals surface area contributed by atoms with Crippen LogP contribution < -0.4 is 0 Å². The molecule has 1 rings (SSSR count). The highest BCUT2D eigenvalue weighted by Crippen LogP contribution is 2.20. The van der Waals surface area contributed by atoms with Gasteiger partial charge in [-0.2, -0.15) is 0 Å². The normalized spacial score (nSPS) is 12.5. The van der Waals surface area contributed by atoms with Gasteiger partial charge in [0.2, 0.25) is 0 Å². The number of rotatable bonds is 5. The smallest absolute Gasteiger partial charge is 0.306 e. The van der Waals surface area contributed by atoms with Crippen molar-refractivity contribution in [3.05, 3.63) is 35.6 Å². The first-order valence-corrected chi connectivity index (χ1v) is 5.90. The summed E-state index contributed by atoms with van der Waals surface area (Å²) in [7, 11) is 0. The second-order valence-electron chi connectivity index (χ2n) is 4.74. The van der Waals surface area contributed by atoms with Gasteiger partial charge in [-0.15, -0.1) is 0 Å². The lowest BCUT2D eigenvalue weighted by Gasteiger charge is -2.12. The molecule has 17 heavy (non-hydrogen) atoms. The van der Waals surface area contributed by atoms with Crippen molar-refractivity contribution >= 4 is 5.97 Å². The molecule has 1 unspecified atom stereocenters. The first-order valence-electron chi connectivity index (χ1n) is 5.90. The van der Waals surface area contributed by atoms with E-state index in [-0.39, 0.29) is 24.1 Å². The van der Waals surface area contributed by atoms with Gasteiger partial charge in [0.15, 0.2) is 0 Å². The lowest BCUT2D eigenvalue weighted by Crippen LogP contribution is -2.12. The van der Waals surface area contributed by atoms with Crippen molar-refractivity contribution in [3.8, 4) is 0 Å². The zero-order valence-electron chi connectivity index (χ0n) is 10.6. The number of carbonyl (C=O) groups is 1. The van der Waals surface area contributed by atoms with E-state index in [2.05, 4.69) is 0 Å². The van der Waals surface area contributed by atoms with Crippen molar-refractivity contribution in [2.45, 2.75) is 33.1 Å². The summed E-state index contributed by atoms with van der Waals surface area (Å²) in [4.78, 5) is 11.5. The Kier molecular flexibility index (Phi) is 5.13. The number of halogens is 1. The van der Waals surface area contributed by atoms with Gasteiger partial charge < -0.3 is 4.74 Å². The van der Waals surface area contributed by atoms with Crippen LogP contribution in [-0.4, -0.2) is 12.6 Å². The maximum absolute atomic E-state index is 13.0. The molecule has 1 aromatic rings. The Balaban J connectivity index is 2.48. The molecule has 0 heterocycles. The van der Waals surface area contributed by atoms with Gasteiger partial charge in [-0.25, -0.2) is 4.39 Å². The fourth-order valence-corrected chi connectivity index (χ4v) is 1.50. The number of hydrogen-bond donors (Lipinski definition) is 0. The molecule has 0 saturated heterocycles. The summed E-state index contributed by atoms with van der Waals surface area (Å²) in [5, 5.41) is 0. The van der Waals surface area contributed by atoms with Gasteiger partial charge in [-0.3, -0.25) is 4.79 Å². The number of benzene rings is 1. The first kappa shape index (κ1) is 13.7.